The first-order valence-electron chi connectivity index (χ1n) is 8.30. The van der Waals surface area contributed by atoms with Gasteiger partial charge in [0.2, 0.25) is 0 Å². The molecule has 0 aliphatic rings. The second-order valence-corrected chi connectivity index (χ2v) is 6.60. The number of hydrogen-bond donors (Lipinski definition) is 1. The molecule has 2 aromatic rings. The molecule has 4 nitrogen and oxygen atoms in total. The largest absolute Gasteiger partial charge is 0.449 e. The number of hydrogen-bond acceptors (Lipinski definition) is 3. The minimum Gasteiger partial charge on any atom is -0.449 e. The van der Waals surface area contributed by atoms with Gasteiger partial charge in [-0.1, -0.05) is 47.5 Å². The Bertz CT molecular complexity index is 835. The summed E-state index contributed by atoms with van der Waals surface area (Å²) in [4.78, 5) is 24.3. The fourth-order valence-corrected chi connectivity index (χ4v) is 2.84. The lowest BCUT2D eigenvalue weighted by molar-refractivity contribution is -0.148. The lowest BCUT2D eigenvalue weighted by Crippen LogP contribution is -2.30. The van der Waals surface area contributed by atoms with Crippen molar-refractivity contribution < 1.29 is 14.3 Å². The topological polar surface area (TPSA) is 55.4 Å². The summed E-state index contributed by atoms with van der Waals surface area (Å²) in [5, 5.41) is 3.37. The Morgan fingerprint density at radius 3 is 2.35 bits per heavy atom. The molecule has 0 bridgehead atoms. The summed E-state index contributed by atoms with van der Waals surface area (Å²) in [5.74, 6) is -0.982. The highest BCUT2D eigenvalue weighted by atomic mass is 35.5. The van der Waals surface area contributed by atoms with Crippen LogP contribution < -0.4 is 5.32 Å². The van der Waals surface area contributed by atoms with E-state index in [1.165, 1.54) is 13.0 Å². The SMILES string of the molecule is Cc1cc(C)c(NC(=O)[C@H](C)OC(=O)/C=C/c2ccccc2Cl)c(C)c1. The molecule has 2 rings (SSSR count). The Balaban J connectivity index is 1.99. The molecular weight excluding hydrogens is 350 g/mol. The Labute approximate surface area is 158 Å². The Morgan fingerprint density at radius 1 is 1.12 bits per heavy atom. The van der Waals surface area contributed by atoms with Gasteiger partial charge in [-0.15, -0.1) is 0 Å². The van der Waals surface area contributed by atoms with Crippen molar-refractivity contribution in [2.75, 3.05) is 5.32 Å². The van der Waals surface area contributed by atoms with Gasteiger partial charge in [-0.2, -0.15) is 0 Å². The first kappa shape index (κ1) is 19.7. The van der Waals surface area contributed by atoms with E-state index >= 15 is 0 Å². The number of amides is 1. The number of benzene rings is 2. The van der Waals surface area contributed by atoms with Crippen LogP contribution in [0.15, 0.2) is 42.5 Å². The molecule has 2 aromatic carbocycles. The van der Waals surface area contributed by atoms with Gasteiger partial charge in [-0.3, -0.25) is 4.79 Å². The van der Waals surface area contributed by atoms with Crippen molar-refractivity contribution in [1.82, 2.24) is 0 Å². The van der Waals surface area contributed by atoms with Crippen molar-refractivity contribution in [1.29, 1.82) is 0 Å². The molecule has 0 aliphatic heterocycles. The summed E-state index contributed by atoms with van der Waals surface area (Å²) in [6.45, 7) is 7.40. The van der Waals surface area contributed by atoms with Crippen molar-refractivity contribution in [3.8, 4) is 0 Å². The van der Waals surface area contributed by atoms with Crippen LogP contribution >= 0.6 is 11.6 Å². The first-order chi connectivity index (χ1) is 12.3. The maximum absolute atomic E-state index is 12.3. The zero-order valence-corrected chi connectivity index (χ0v) is 16.1. The summed E-state index contributed by atoms with van der Waals surface area (Å²) in [5.41, 5.74) is 4.51. The lowest BCUT2D eigenvalue weighted by atomic mass is 10.0. The number of ether oxygens (including phenoxy) is 1. The van der Waals surface area contributed by atoms with Crippen LogP contribution in [0.4, 0.5) is 5.69 Å². The van der Waals surface area contributed by atoms with E-state index in [1.54, 1.807) is 24.3 Å². The van der Waals surface area contributed by atoms with E-state index in [0.717, 1.165) is 22.4 Å². The quantitative estimate of drug-likeness (QED) is 0.603. The zero-order chi connectivity index (χ0) is 19.3. The van der Waals surface area contributed by atoms with Gasteiger partial charge in [0.15, 0.2) is 6.10 Å². The summed E-state index contributed by atoms with van der Waals surface area (Å²) >= 11 is 6.03. The highest BCUT2D eigenvalue weighted by Gasteiger charge is 2.18. The van der Waals surface area contributed by atoms with Crippen molar-refractivity contribution in [3.63, 3.8) is 0 Å². The molecule has 0 saturated heterocycles. The number of nitrogens with one attached hydrogen (secondary N) is 1. The van der Waals surface area contributed by atoms with Crippen LogP contribution in [0.2, 0.25) is 5.02 Å². The minimum absolute atomic E-state index is 0.375. The summed E-state index contributed by atoms with van der Waals surface area (Å²) in [7, 11) is 0. The summed E-state index contributed by atoms with van der Waals surface area (Å²) in [6.07, 6.45) is 1.90. The number of carbonyl (C=O) groups is 2. The van der Waals surface area contributed by atoms with Crippen LogP contribution in [-0.4, -0.2) is 18.0 Å². The molecule has 0 aromatic heterocycles. The molecule has 5 heteroatoms. The van der Waals surface area contributed by atoms with E-state index in [4.69, 9.17) is 16.3 Å². The van der Waals surface area contributed by atoms with E-state index in [0.29, 0.717) is 10.6 Å². The molecule has 136 valence electrons. The molecule has 1 atom stereocenters. The maximum atomic E-state index is 12.3. The number of rotatable bonds is 5. The zero-order valence-electron chi connectivity index (χ0n) is 15.3. The van der Waals surface area contributed by atoms with Gasteiger partial charge in [-0.25, -0.2) is 4.79 Å². The minimum atomic E-state index is -0.918. The van der Waals surface area contributed by atoms with Crippen LogP contribution in [0, 0.1) is 20.8 Å². The third-order valence-corrected chi connectivity index (χ3v) is 4.24. The van der Waals surface area contributed by atoms with Gasteiger partial charge < -0.3 is 10.1 Å². The summed E-state index contributed by atoms with van der Waals surface area (Å²) in [6, 6.07) is 11.1. The van der Waals surface area contributed by atoms with E-state index < -0.39 is 12.1 Å². The molecule has 0 spiro atoms. The van der Waals surface area contributed by atoms with Gasteiger partial charge in [-0.05, 0) is 56.5 Å². The van der Waals surface area contributed by atoms with Crippen LogP contribution in [0.25, 0.3) is 6.08 Å². The molecule has 0 unspecified atom stereocenters. The third kappa shape index (κ3) is 5.20. The summed E-state index contributed by atoms with van der Waals surface area (Å²) < 4.78 is 5.17. The number of esters is 1. The Kier molecular flexibility index (Phi) is 6.58. The lowest BCUT2D eigenvalue weighted by Gasteiger charge is -2.16. The molecule has 0 aliphatic carbocycles. The molecule has 26 heavy (non-hydrogen) atoms. The highest BCUT2D eigenvalue weighted by molar-refractivity contribution is 6.32. The molecular formula is C21H22ClNO3. The predicted molar refractivity (Wildman–Crippen MR) is 105 cm³/mol. The normalized spacial score (nSPS) is 12.0. The average molecular weight is 372 g/mol. The van der Waals surface area contributed by atoms with E-state index in [2.05, 4.69) is 5.32 Å². The number of anilines is 1. The first-order valence-corrected chi connectivity index (χ1v) is 8.67. The molecule has 0 fully saturated rings. The van der Waals surface area contributed by atoms with Crippen molar-refractivity contribution in [3.05, 3.63) is 69.8 Å². The molecule has 0 heterocycles. The Hall–Kier alpha value is -2.59. The number of aryl methyl sites for hydroxylation is 3. The molecule has 1 amide bonds. The monoisotopic (exact) mass is 371 g/mol. The van der Waals surface area contributed by atoms with Gasteiger partial charge in [0.25, 0.3) is 5.91 Å². The maximum Gasteiger partial charge on any atom is 0.331 e. The number of halogens is 1. The fourth-order valence-electron chi connectivity index (χ4n) is 2.64. The predicted octanol–water partition coefficient (Wildman–Crippen LogP) is 4.85. The Morgan fingerprint density at radius 2 is 1.73 bits per heavy atom. The van der Waals surface area contributed by atoms with Crippen molar-refractivity contribution in [2.24, 2.45) is 0 Å². The van der Waals surface area contributed by atoms with E-state index in [9.17, 15) is 9.59 Å². The highest BCUT2D eigenvalue weighted by Crippen LogP contribution is 2.22. The fraction of sp³-hybridized carbons (Fsp3) is 0.238. The van der Waals surface area contributed by atoms with Gasteiger partial charge >= 0.3 is 5.97 Å². The average Bonchev–Trinajstić information content (AvgIpc) is 2.57. The van der Waals surface area contributed by atoms with E-state index in [-0.39, 0.29) is 5.91 Å². The molecule has 0 saturated carbocycles. The van der Waals surface area contributed by atoms with E-state index in [1.807, 2.05) is 39.0 Å². The van der Waals surface area contributed by atoms with Crippen LogP contribution in [0.1, 0.15) is 29.2 Å². The number of carbonyl (C=O) groups excluding carboxylic acids is 2. The van der Waals surface area contributed by atoms with Gasteiger partial charge in [0.1, 0.15) is 0 Å². The van der Waals surface area contributed by atoms with Gasteiger partial charge in [0, 0.05) is 16.8 Å². The second-order valence-electron chi connectivity index (χ2n) is 6.20. The van der Waals surface area contributed by atoms with Gasteiger partial charge in [0.05, 0.1) is 0 Å². The third-order valence-electron chi connectivity index (χ3n) is 3.89. The smallest absolute Gasteiger partial charge is 0.331 e. The second kappa shape index (κ2) is 8.68. The van der Waals surface area contributed by atoms with Crippen LogP contribution in [0.3, 0.4) is 0 Å². The van der Waals surface area contributed by atoms with Crippen LogP contribution in [-0.2, 0) is 14.3 Å². The van der Waals surface area contributed by atoms with Crippen LogP contribution in [0.5, 0.6) is 0 Å². The molecule has 0 radical (unpaired) electrons. The molecule has 1 N–H and O–H groups in total. The standard InChI is InChI=1S/C21H22ClNO3/c1-13-11-14(2)20(15(3)12-13)23-21(25)16(4)26-19(24)10-9-17-7-5-6-8-18(17)22/h5-12,16H,1-4H3,(H,23,25)/b10-9+/t16-/m0/s1. The van der Waals surface area contributed by atoms with Crippen molar-refractivity contribution in [2.45, 2.75) is 33.8 Å². The van der Waals surface area contributed by atoms with Crippen molar-refractivity contribution >= 4 is 35.2 Å².